The first-order valence-electron chi connectivity index (χ1n) is 11.2. The van der Waals surface area contributed by atoms with Crippen LogP contribution in [0, 0.1) is 0 Å². The Morgan fingerprint density at radius 1 is 1.00 bits per heavy atom. The van der Waals surface area contributed by atoms with Crippen LogP contribution in [0.1, 0.15) is 31.9 Å². The molecule has 4 rings (SSSR count). The predicted octanol–water partition coefficient (Wildman–Crippen LogP) is 4.38. The zero-order valence-electron chi connectivity index (χ0n) is 19.6. The number of sulfonamides is 1. The molecule has 2 atom stereocenters. The molecule has 1 fully saturated rings. The molecule has 1 aliphatic heterocycles. The van der Waals surface area contributed by atoms with E-state index in [1.807, 2.05) is 6.07 Å². The van der Waals surface area contributed by atoms with Crippen molar-refractivity contribution in [1.82, 2.24) is 4.31 Å². The van der Waals surface area contributed by atoms with Crippen LogP contribution in [0.25, 0.3) is 0 Å². The number of nitrogens with one attached hydrogen (secondary N) is 1. The van der Waals surface area contributed by atoms with Gasteiger partial charge in [0, 0.05) is 23.7 Å². The Bertz CT molecular complexity index is 1390. The quantitative estimate of drug-likeness (QED) is 0.461. The van der Waals surface area contributed by atoms with Gasteiger partial charge in [-0.3, -0.25) is 14.4 Å². The first-order chi connectivity index (χ1) is 17.1. The molecule has 3 aromatic rings. The van der Waals surface area contributed by atoms with Crippen LogP contribution in [0.2, 0.25) is 5.02 Å². The van der Waals surface area contributed by atoms with Crippen molar-refractivity contribution < 1.29 is 22.8 Å². The summed E-state index contributed by atoms with van der Waals surface area (Å²) >= 11 is 5.95. The van der Waals surface area contributed by atoms with E-state index in [4.69, 9.17) is 11.6 Å². The highest BCUT2D eigenvalue weighted by Crippen LogP contribution is 2.36. The highest BCUT2D eigenvalue weighted by Gasteiger charge is 2.48. The van der Waals surface area contributed by atoms with Crippen molar-refractivity contribution >= 4 is 50.7 Å². The first-order valence-corrected chi connectivity index (χ1v) is 13.0. The SMILES string of the molecule is CC(=O)Nc1ccc(S(=O)(=O)N(C2CC(=O)N(c3ccc(Cl)cc3)C2=O)C(C)c2ccccc2)cc1. The number of carbonyl (C=O) groups is 3. The maximum atomic E-state index is 13.9. The van der Waals surface area contributed by atoms with E-state index in [-0.39, 0.29) is 17.2 Å². The normalized spacial score (nSPS) is 16.9. The summed E-state index contributed by atoms with van der Waals surface area (Å²) in [7, 11) is -4.25. The topological polar surface area (TPSA) is 104 Å². The summed E-state index contributed by atoms with van der Waals surface area (Å²) < 4.78 is 29.0. The Morgan fingerprint density at radius 2 is 1.61 bits per heavy atom. The van der Waals surface area contributed by atoms with E-state index < -0.39 is 33.9 Å². The smallest absolute Gasteiger partial charge is 0.252 e. The summed E-state index contributed by atoms with van der Waals surface area (Å²) in [6.07, 6.45) is -0.304. The van der Waals surface area contributed by atoms with E-state index in [0.717, 1.165) is 9.21 Å². The minimum absolute atomic E-state index is 0.0652. The zero-order valence-corrected chi connectivity index (χ0v) is 21.2. The van der Waals surface area contributed by atoms with Gasteiger partial charge in [-0.05, 0) is 61.0 Å². The van der Waals surface area contributed by atoms with Crippen LogP contribution in [0.4, 0.5) is 11.4 Å². The second-order valence-corrected chi connectivity index (χ2v) is 10.7. The Morgan fingerprint density at radius 3 is 2.19 bits per heavy atom. The number of hydrogen-bond acceptors (Lipinski definition) is 5. The number of imide groups is 1. The molecule has 0 aromatic heterocycles. The maximum absolute atomic E-state index is 13.9. The number of benzene rings is 3. The molecule has 186 valence electrons. The Balaban J connectivity index is 1.76. The van der Waals surface area contributed by atoms with Crippen molar-refractivity contribution in [2.45, 2.75) is 37.2 Å². The minimum Gasteiger partial charge on any atom is -0.326 e. The Labute approximate surface area is 214 Å². The van der Waals surface area contributed by atoms with Crippen LogP contribution in [0.5, 0.6) is 0 Å². The van der Waals surface area contributed by atoms with E-state index in [1.165, 1.54) is 31.2 Å². The molecule has 3 amide bonds. The summed E-state index contributed by atoms with van der Waals surface area (Å²) in [6, 6.07) is 18.8. The Kier molecular flexibility index (Phi) is 7.26. The average molecular weight is 526 g/mol. The van der Waals surface area contributed by atoms with Crippen LogP contribution in [0.3, 0.4) is 0 Å². The molecule has 0 saturated carbocycles. The molecule has 0 bridgehead atoms. The lowest BCUT2D eigenvalue weighted by atomic mass is 10.1. The molecule has 2 unspecified atom stereocenters. The third-order valence-corrected chi connectivity index (χ3v) is 8.17. The fourth-order valence-corrected chi connectivity index (χ4v) is 6.12. The molecule has 0 spiro atoms. The van der Waals surface area contributed by atoms with Gasteiger partial charge < -0.3 is 5.32 Å². The highest BCUT2D eigenvalue weighted by atomic mass is 35.5. The van der Waals surface area contributed by atoms with Gasteiger partial charge in [-0.15, -0.1) is 0 Å². The number of hydrogen-bond donors (Lipinski definition) is 1. The van der Waals surface area contributed by atoms with Crippen molar-refractivity contribution in [2.24, 2.45) is 0 Å². The van der Waals surface area contributed by atoms with Crippen molar-refractivity contribution in [3.63, 3.8) is 0 Å². The second-order valence-electron chi connectivity index (χ2n) is 8.39. The van der Waals surface area contributed by atoms with E-state index >= 15 is 0 Å². The number of halogens is 1. The number of rotatable bonds is 7. The summed E-state index contributed by atoms with van der Waals surface area (Å²) in [5.41, 5.74) is 1.42. The summed E-state index contributed by atoms with van der Waals surface area (Å²) in [5, 5.41) is 3.04. The molecular formula is C26H24ClN3O5S. The zero-order chi connectivity index (χ0) is 26.0. The predicted molar refractivity (Wildman–Crippen MR) is 137 cm³/mol. The molecule has 36 heavy (non-hydrogen) atoms. The first kappa shape index (κ1) is 25.6. The van der Waals surface area contributed by atoms with Crippen LogP contribution in [0.15, 0.2) is 83.8 Å². The molecule has 0 radical (unpaired) electrons. The number of nitrogens with zero attached hydrogens (tertiary/aromatic N) is 2. The van der Waals surface area contributed by atoms with E-state index in [9.17, 15) is 22.8 Å². The molecule has 0 aliphatic carbocycles. The van der Waals surface area contributed by atoms with Crippen LogP contribution in [-0.2, 0) is 24.4 Å². The molecule has 1 heterocycles. The van der Waals surface area contributed by atoms with E-state index in [0.29, 0.717) is 22.0 Å². The van der Waals surface area contributed by atoms with Gasteiger partial charge >= 0.3 is 0 Å². The fourth-order valence-electron chi connectivity index (χ4n) is 4.24. The molecular weight excluding hydrogens is 502 g/mol. The van der Waals surface area contributed by atoms with Crippen LogP contribution < -0.4 is 10.2 Å². The third kappa shape index (κ3) is 5.04. The highest BCUT2D eigenvalue weighted by molar-refractivity contribution is 7.89. The van der Waals surface area contributed by atoms with Crippen LogP contribution in [-0.4, -0.2) is 36.5 Å². The van der Waals surface area contributed by atoms with Crippen molar-refractivity contribution in [3.8, 4) is 0 Å². The monoisotopic (exact) mass is 525 g/mol. The lowest BCUT2D eigenvalue weighted by Gasteiger charge is -2.32. The molecule has 1 saturated heterocycles. The third-order valence-electron chi connectivity index (χ3n) is 5.93. The fraction of sp³-hybridized carbons (Fsp3) is 0.192. The molecule has 8 nitrogen and oxygen atoms in total. The summed E-state index contributed by atoms with van der Waals surface area (Å²) in [4.78, 5) is 38.8. The van der Waals surface area contributed by atoms with E-state index in [1.54, 1.807) is 55.5 Å². The van der Waals surface area contributed by atoms with Gasteiger partial charge in [-0.25, -0.2) is 13.3 Å². The van der Waals surface area contributed by atoms with Gasteiger partial charge in [0.05, 0.1) is 17.0 Å². The van der Waals surface area contributed by atoms with Gasteiger partial charge in [-0.1, -0.05) is 41.9 Å². The number of amides is 3. The number of carbonyl (C=O) groups excluding carboxylic acids is 3. The second kappa shape index (κ2) is 10.2. The lowest BCUT2D eigenvalue weighted by Crippen LogP contribution is -2.46. The molecule has 1 N–H and O–H groups in total. The van der Waals surface area contributed by atoms with Gasteiger partial charge in [0.1, 0.15) is 6.04 Å². The summed E-state index contributed by atoms with van der Waals surface area (Å²) in [5.74, 6) is -1.43. The van der Waals surface area contributed by atoms with Crippen molar-refractivity contribution in [1.29, 1.82) is 0 Å². The van der Waals surface area contributed by atoms with E-state index in [2.05, 4.69) is 5.32 Å². The van der Waals surface area contributed by atoms with Gasteiger partial charge in [0.2, 0.25) is 21.8 Å². The van der Waals surface area contributed by atoms with Crippen LogP contribution >= 0.6 is 11.6 Å². The maximum Gasteiger partial charge on any atom is 0.252 e. The molecule has 1 aliphatic rings. The number of anilines is 2. The molecule has 3 aromatic carbocycles. The van der Waals surface area contributed by atoms with Crippen molar-refractivity contribution in [3.05, 3.63) is 89.4 Å². The standard InChI is InChI=1S/C26H24ClN3O5S/c1-17(19-6-4-3-5-7-19)30(36(34,35)23-14-10-21(11-15-23)28-18(2)31)24-16-25(32)29(26(24)33)22-12-8-20(27)9-13-22/h3-15,17,24H,16H2,1-2H3,(H,28,31). The lowest BCUT2D eigenvalue weighted by molar-refractivity contribution is -0.122. The van der Waals surface area contributed by atoms with Gasteiger partial charge in [0.15, 0.2) is 0 Å². The molecule has 10 heteroatoms. The van der Waals surface area contributed by atoms with Gasteiger partial charge in [-0.2, -0.15) is 4.31 Å². The minimum atomic E-state index is -4.25. The average Bonchev–Trinajstić information content (AvgIpc) is 3.13. The summed E-state index contributed by atoms with van der Waals surface area (Å²) in [6.45, 7) is 3.03. The van der Waals surface area contributed by atoms with Gasteiger partial charge in [0.25, 0.3) is 5.91 Å². The Hall–Kier alpha value is -3.53. The van der Waals surface area contributed by atoms with Crippen molar-refractivity contribution in [2.75, 3.05) is 10.2 Å². The largest absolute Gasteiger partial charge is 0.326 e.